The molecule has 1 aromatic carbocycles. The van der Waals surface area contributed by atoms with E-state index in [0.717, 1.165) is 9.88 Å². The number of nitrogen functional groups attached to an aromatic ring is 1. The number of aromatic nitrogens is 1. The number of amides is 1. The minimum absolute atomic E-state index is 0.0899. The summed E-state index contributed by atoms with van der Waals surface area (Å²) in [5, 5.41) is 4.44. The molecule has 20 heavy (non-hydrogen) atoms. The Morgan fingerprint density at radius 3 is 2.75 bits per heavy atom. The van der Waals surface area contributed by atoms with E-state index in [9.17, 15) is 4.79 Å². The number of carbonyl (C=O) groups is 1. The number of hydrogen-bond donors (Lipinski definition) is 3. The summed E-state index contributed by atoms with van der Waals surface area (Å²) < 4.78 is 0. The van der Waals surface area contributed by atoms with Crippen molar-refractivity contribution in [2.75, 3.05) is 11.1 Å². The third kappa shape index (κ3) is 3.02. The molecule has 0 aliphatic heterocycles. The number of nitrogens with two attached hydrogens (primary N) is 2. The van der Waals surface area contributed by atoms with Gasteiger partial charge in [-0.2, -0.15) is 0 Å². The van der Waals surface area contributed by atoms with Crippen LogP contribution in [0.25, 0.3) is 0 Å². The van der Waals surface area contributed by atoms with Gasteiger partial charge in [0.15, 0.2) is 0 Å². The van der Waals surface area contributed by atoms with E-state index in [4.69, 9.17) is 23.1 Å². The third-order valence-electron chi connectivity index (χ3n) is 2.75. The summed E-state index contributed by atoms with van der Waals surface area (Å²) in [4.78, 5) is 16.9. The van der Waals surface area contributed by atoms with Crippen LogP contribution in [0, 0.1) is 6.92 Å². The number of halogens is 1. The number of carbonyl (C=O) groups excluding carboxylic acids is 1. The first kappa shape index (κ1) is 14.6. The van der Waals surface area contributed by atoms with E-state index in [0.29, 0.717) is 16.4 Å². The Balaban J connectivity index is 2.35. The van der Waals surface area contributed by atoms with Gasteiger partial charge in [0.25, 0.3) is 5.91 Å². The van der Waals surface area contributed by atoms with E-state index in [1.54, 1.807) is 23.6 Å². The Kier molecular flexibility index (Phi) is 4.15. The van der Waals surface area contributed by atoms with Crippen LogP contribution < -0.4 is 16.8 Å². The highest BCUT2D eigenvalue weighted by atomic mass is 35.5. The summed E-state index contributed by atoms with van der Waals surface area (Å²) in [6, 6.07) is 3.00. The second-order valence-electron chi connectivity index (χ2n) is 4.46. The highest BCUT2D eigenvalue weighted by molar-refractivity contribution is 7.11. The molecule has 0 radical (unpaired) electrons. The molecule has 1 aromatic heterocycles. The van der Waals surface area contributed by atoms with Crippen molar-refractivity contribution in [1.29, 1.82) is 0 Å². The van der Waals surface area contributed by atoms with Crippen LogP contribution in [0.5, 0.6) is 0 Å². The van der Waals surface area contributed by atoms with Crippen molar-refractivity contribution >= 4 is 40.2 Å². The first-order valence-electron chi connectivity index (χ1n) is 5.96. The van der Waals surface area contributed by atoms with Crippen LogP contribution >= 0.6 is 22.9 Å². The van der Waals surface area contributed by atoms with Gasteiger partial charge in [-0.15, -0.1) is 11.3 Å². The van der Waals surface area contributed by atoms with Gasteiger partial charge >= 0.3 is 0 Å². The number of aryl methyl sites for hydroxylation is 1. The largest absolute Gasteiger partial charge is 0.399 e. The van der Waals surface area contributed by atoms with Gasteiger partial charge in [0.2, 0.25) is 0 Å². The minimum Gasteiger partial charge on any atom is -0.399 e. The van der Waals surface area contributed by atoms with Crippen LogP contribution in [-0.2, 0) is 0 Å². The Bertz CT molecular complexity index is 656. The minimum atomic E-state index is -0.579. The van der Waals surface area contributed by atoms with Crippen LogP contribution in [-0.4, -0.2) is 10.9 Å². The molecule has 7 heteroatoms. The molecule has 1 heterocycles. The molecule has 5 nitrogen and oxygen atoms in total. The van der Waals surface area contributed by atoms with E-state index in [1.807, 2.05) is 13.8 Å². The first-order valence-corrected chi connectivity index (χ1v) is 7.15. The maximum Gasteiger partial charge on any atom is 0.250 e. The molecule has 1 atom stereocenters. The SMILES string of the molecule is Cc1cnc(C(C)Nc2c(Cl)cc(N)cc2C(N)=O)s1. The normalized spacial score (nSPS) is 12.2. The Labute approximate surface area is 126 Å². The number of nitrogens with one attached hydrogen (secondary N) is 1. The summed E-state index contributed by atoms with van der Waals surface area (Å²) >= 11 is 7.73. The molecule has 0 saturated heterocycles. The fourth-order valence-corrected chi connectivity index (χ4v) is 2.88. The summed E-state index contributed by atoms with van der Waals surface area (Å²) in [6.45, 7) is 3.93. The van der Waals surface area contributed by atoms with Crippen LogP contribution in [0.2, 0.25) is 5.02 Å². The third-order valence-corrected chi connectivity index (χ3v) is 4.14. The number of thiazole rings is 1. The molecule has 1 unspecified atom stereocenters. The average molecular weight is 311 g/mol. The molecule has 1 amide bonds. The van der Waals surface area contributed by atoms with Gasteiger partial charge in [-0.05, 0) is 26.0 Å². The maximum atomic E-state index is 11.5. The van der Waals surface area contributed by atoms with E-state index in [1.165, 1.54) is 6.07 Å². The van der Waals surface area contributed by atoms with Crippen LogP contribution in [0.4, 0.5) is 11.4 Å². The molecular weight excluding hydrogens is 296 g/mol. The standard InChI is InChI=1S/C13H15ClN4OS/c1-6-5-17-13(20-6)7(2)18-11-9(12(16)19)3-8(15)4-10(11)14/h3-5,7,18H,15H2,1-2H3,(H2,16,19). The summed E-state index contributed by atoms with van der Waals surface area (Å²) in [6.07, 6.45) is 1.80. The average Bonchev–Trinajstić information content (AvgIpc) is 2.78. The Morgan fingerprint density at radius 2 is 2.20 bits per heavy atom. The zero-order valence-corrected chi connectivity index (χ0v) is 12.7. The molecule has 0 spiro atoms. The van der Waals surface area contributed by atoms with Crippen molar-refractivity contribution in [3.8, 4) is 0 Å². The Morgan fingerprint density at radius 1 is 1.50 bits per heavy atom. The predicted molar refractivity (Wildman–Crippen MR) is 83.3 cm³/mol. The fraction of sp³-hybridized carbons (Fsp3) is 0.231. The Hall–Kier alpha value is -1.79. The lowest BCUT2D eigenvalue weighted by Crippen LogP contribution is -2.17. The summed E-state index contributed by atoms with van der Waals surface area (Å²) in [5.74, 6) is -0.579. The van der Waals surface area contributed by atoms with Gasteiger partial charge in [0.1, 0.15) is 5.01 Å². The molecule has 106 valence electrons. The van der Waals surface area contributed by atoms with Gasteiger partial charge in [-0.3, -0.25) is 4.79 Å². The summed E-state index contributed by atoms with van der Waals surface area (Å²) in [7, 11) is 0. The van der Waals surface area contributed by atoms with Crippen molar-refractivity contribution in [1.82, 2.24) is 4.98 Å². The van der Waals surface area contributed by atoms with E-state index in [-0.39, 0.29) is 11.6 Å². The van der Waals surface area contributed by atoms with Crippen molar-refractivity contribution < 1.29 is 4.79 Å². The van der Waals surface area contributed by atoms with Crippen molar-refractivity contribution in [3.63, 3.8) is 0 Å². The molecule has 0 aliphatic rings. The zero-order valence-electron chi connectivity index (χ0n) is 11.1. The summed E-state index contributed by atoms with van der Waals surface area (Å²) in [5.41, 5.74) is 12.2. The molecule has 0 fully saturated rings. The highest BCUT2D eigenvalue weighted by Crippen LogP contribution is 2.32. The van der Waals surface area contributed by atoms with E-state index < -0.39 is 5.91 Å². The topological polar surface area (TPSA) is 94.0 Å². The van der Waals surface area contributed by atoms with Gasteiger partial charge in [0.05, 0.1) is 22.3 Å². The van der Waals surface area contributed by atoms with Crippen molar-refractivity contribution in [2.24, 2.45) is 5.73 Å². The number of benzene rings is 1. The lowest BCUT2D eigenvalue weighted by atomic mass is 10.1. The van der Waals surface area contributed by atoms with Crippen molar-refractivity contribution in [2.45, 2.75) is 19.9 Å². The van der Waals surface area contributed by atoms with Crippen LogP contribution in [0.1, 0.15) is 33.2 Å². The highest BCUT2D eigenvalue weighted by Gasteiger charge is 2.17. The lowest BCUT2D eigenvalue weighted by molar-refractivity contribution is 0.100. The van der Waals surface area contributed by atoms with Gasteiger partial charge < -0.3 is 16.8 Å². The quantitative estimate of drug-likeness (QED) is 0.757. The molecule has 0 bridgehead atoms. The first-order chi connectivity index (χ1) is 9.38. The number of primary amides is 1. The molecule has 5 N–H and O–H groups in total. The number of hydrogen-bond acceptors (Lipinski definition) is 5. The van der Waals surface area contributed by atoms with Crippen LogP contribution in [0.15, 0.2) is 18.3 Å². The fourth-order valence-electron chi connectivity index (χ4n) is 1.82. The van der Waals surface area contributed by atoms with Gasteiger partial charge in [-0.25, -0.2) is 4.98 Å². The molecule has 2 aromatic rings. The van der Waals surface area contributed by atoms with E-state index >= 15 is 0 Å². The molecule has 2 rings (SSSR count). The van der Waals surface area contributed by atoms with Gasteiger partial charge in [0, 0.05) is 16.8 Å². The van der Waals surface area contributed by atoms with E-state index in [2.05, 4.69) is 10.3 Å². The monoisotopic (exact) mass is 310 g/mol. The molecule has 0 saturated carbocycles. The number of nitrogens with zero attached hydrogens (tertiary/aromatic N) is 1. The maximum absolute atomic E-state index is 11.5. The van der Waals surface area contributed by atoms with Crippen molar-refractivity contribution in [3.05, 3.63) is 38.8 Å². The van der Waals surface area contributed by atoms with Gasteiger partial charge in [-0.1, -0.05) is 11.6 Å². The predicted octanol–water partition coefficient (Wildman–Crippen LogP) is 2.96. The molecular formula is C13H15ClN4OS. The molecule has 0 aliphatic carbocycles. The number of anilines is 2. The smallest absolute Gasteiger partial charge is 0.250 e. The van der Waals surface area contributed by atoms with Crippen LogP contribution in [0.3, 0.4) is 0 Å². The second kappa shape index (κ2) is 5.68. The number of rotatable bonds is 4. The lowest BCUT2D eigenvalue weighted by Gasteiger charge is -2.17. The zero-order chi connectivity index (χ0) is 14.9. The second-order valence-corrected chi connectivity index (χ2v) is 6.14.